The van der Waals surface area contributed by atoms with E-state index in [2.05, 4.69) is 29.5 Å². The molecule has 1 N–H and O–H groups in total. The fourth-order valence-corrected chi connectivity index (χ4v) is 4.25. The number of ether oxygens (including phenoxy) is 2. The predicted molar refractivity (Wildman–Crippen MR) is 146 cm³/mol. The summed E-state index contributed by atoms with van der Waals surface area (Å²) in [5.41, 5.74) is 2.55. The number of carbonyl (C=O) groups is 2. The van der Waals surface area contributed by atoms with Crippen molar-refractivity contribution in [2.45, 2.75) is 32.9 Å². The summed E-state index contributed by atoms with van der Waals surface area (Å²) in [5, 5.41) is 11.4. The molecule has 1 heterocycles. The minimum absolute atomic E-state index is 0.114. The molecule has 0 saturated carbocycles. The zero-order chi connectivity index (χ0) is 27.1. The molecule has 0 aliphatic heterocycles. The van der Waals surface area contributed by atoms with Gasteiger partial charge in [0.2, 0.25) is 11.8 Å². The number of hydrogen-bond acceptors (Lipinski definition) is 6. The molecular weight excluding hydrogens is 482 g/mol. The van der Waals surface area contributed by atoms with Crippen LogP contribution in [0.4, 0.5) is 5.69 Å². The van der Waals surface area contributed by atoms with Crippen LogP contribution in [0.3, 0.4) is 0 Å². The van der Waals surface area contributed by atoms with Gasteiger partial charge in [-0.3, -0.25) is 14.5 Å². The first-order valence-corrected chi connectivity index (χ1v) is 12.6. The lowest BCUT2D eigenvalue weighted by Gasteiger charge is -2.32. The van der Waals surface area contributed by atoms with Crippen molar-refractivity contribution in [1.29, 1.82) is 0 Å². The molecule has 1 atom stereocenters. The van der Waals surface area contributed by atoms with E-state index in [1.807, 2.05) is 36.4 Å². The van der Waals surface area contributed by atoms with E-state index in [0.717, 1.165) is 11.9 Å². The average Bonchev–Trinajstić information content (AvgIpc) is 3.33. The maximum atomic E-state index is 14.1. The van der Waals surface area contributed by atoms with Crippen LogP contribution in [-0.4, -0.2) is 47.6 Å². The quantitative estimate of drug-likeness (QED) is 0.318. The highest BCUT2D eigenvalue weighted by Crippen LogP contribution is 2.32. The highest BCUT2D eigenvalue weighted by atomic mass is 16.5. The van der Waals surface area contributed by atoms with Crippen LogP contribution in [0.2, 0.25) is 0 Å². The van der Waals surface area contributed by atoms with Crippen molar-refractivity contribution in [1.82, 2.24) is 20.3 Å². The number of benzene rings is 3. The number of carbonyl (C=O) groups excluding carboxylic acids is 2. The van der Waals surface area contributed by atoms with Gasteiger partial charge in [-0.2, -0.15) is 0 Å². The maximum absolute atomic E-state index is 14.1. The summed E-state index contributed by atoms with van der Waals surface area (Å²) < 4.78 is 12.4. The number of anilines is 1. The van der Waals surface area contributed by atoms with E-state index in [-0.39, 0.29) is 18.4 Å². The number of hydrogen-bond donors (Lipinski definition) is 1. The van der Waals surface area contributed by atoms with E-state index >= 15 is 0 Å². The van der Waals surface area contributed by atoms with Gasteiger partial charge in [0.1, 0.15) is 29.6 Å². The lowest BCUT2D eigenvalue weighted by molar-refractivity contribution is -0.127. The Bertz CT molecular complexity index is 1400. The molecule has 198 valence electrons. The van der Waals surface area contributed by atoms with Crippen molar-refractivity contribution >= 4 is 28.5 Å². The van der Waals surface area contributed by atoms with Gasteiger partial charge in [-0.25, -0.2) is 4.68 Å². The van der Waals surface area contributed by atoms with Crippen molar-refractivity contribution in [3.8, 4) is 11.5 Å². The summed E-state index contributed by atoms with van der Waals surface area (Å²) in [6.07, 6.45) is 0.814. The lowest BCUT2D eigenvalue weighted by Crippen LogP contribution is -2.45. The summed E-state index contributed by atoms with van der Waals surface area (Å²) in [5.74, 6) is 0.945. The maximum Gasteiger partial charge on any atom is 0.249 e. The van der Waals surface area contributed by atoms with Crippen molar-refractivity contribution < 1.29 is 19.1 Å². The van der Waals surface area contributed by atoms with E-state index < -0.39 is 6.04 Å². The Kier molecular flexibility index (Phi) is 8.58. The lowest BCUT2D eigenvalue weighted by atomic mass is 10.0. The van der Waals surface area contributed by atoms with Gasteiger partial charge in [0.25, 0.3) is 0 Å². The zero-order valence-electron chi connectivity index (χ0n) is 22.1. The van der Waals surface area contributed by atoms with E-state index in [0.29, 0.717) is 40.7 Å². The predicted octanol–water partition coefficient (Wildman–Crippen LogP) is 4.39. The normalized spacial score (nSPS) is 11.8. The molecule has 4 rings (SSSR count). The van der Waals surface area contributed by atoms with Crippen LogP contribution in [0.1, 0.15) is 31.9 Å². The Morgan fingerprint density at radius 1 is 0.947 bits per heavy atom. The Balaban J connectivity index is 1.80. The molecule has 2 amide bonds. The van der Waals surface area contributed by atoms with Gasteiger partial charge in [0.15, 0.2) is 0 Å². The van der Waals surface area contributed by atoms with Gasteiger partial charge < -0.3 is 14.8 Å². The molecule has 0 spiro atoms. The SMILES string of the molecule is COc1cccc(C(C(=O)NCCC(C)C)N(C(=O)Cn2nnc3ccccc32)c2cccc(OC)c2)c1. The van der Waals surface area contributed by atoms with E-state index in [1.165, 1.54) is 4.90 Å². The monoisotopic (exact) mass is 515 g/mol. The number of methoxy groups -OCH3 is 2. The molecule has 0 aliphatic rings. The fraction of sp³-hybridized carbons (Fsp3) is 0.310. The van der Waals surface area contributed by atoms with Crippen molar-refractivity contribution in [3.05, 3.63) is 78.4 Å². The van der Waals surface area contributed by atoms with Gasteiger partial charge in [0, 0.05) is 18.3 Å². The minimum Gasteiger partial charge on any atom is -0.497 e. The van der Waals surface area contributed by atoms with E-state index in [4.69, 9.17) is 9.47 Å². The van der Waals surface area contributed by atoms with Crippen LogP contribution in [-0.2, 0) is 16.1 Å². The Hall–Kier alpha value is -4.40. The molecule has 1 aromatic heterocycles. The third kappa shape index (κ3) is 6.11. The van der Waals surface area contributed by atoms with Crippen LogP contribution < -0.4 is 19.7 Å². The van der Waals surface area contributed by atoms with Crippen LogP contribution in [0.15, 0.2) is 72.8 Å². The molecule has 0 aliphatic carbocycles. The number of aromatic nitrogens is 3. The molecule has 1 unspecified atom stereocenters. The Morgan fingerprint density at radius 3 is 2.39 bits per heavy atom. The van der Waals surface area contributed by atoms with E-state index in [9.17, 15) is 9.59 Å². The number of nitrogens with one attached hydrogen (secondary N) is 1. The summed E-state index contributed by atoms with van der Waals surface area (Å²) in [6, 6.07) is 20.8. The van der Waals surface area contributed by atoms with E-state index in [1.54, 1.807) is 55.3 Å². The number of amides is 2. The summed E-state index contributed by atoms with van der Waals surface area (Å²) in [6.45, 7) is 4.57. The highest BCUT2D eigenvalue weighted by Gasteiger charge is 2.33. The number of nitrogens with zero attached hydrogens (tertiary/aromatic N) is 4. The van der Waals surface area contributed by atoms with Gasteiger partial charge in [-0.05, 0) is 54.3 Å². The number of fused-ring (bicyclic) bond motifs is 1. The van der Waals surface area contributed by atoms with Crippen LogP contribution >= 0.6 is 0 Å². The first-order chi connectivity index (χ1) is 18.4. The molecule has 0 radical (unpaired) electrons. The molecular formula is C29H33N5O4. The molecule has 0 bridgehead atoms. The van der Waals surface area contributed by atoms with Crippen LogP contribution in [0.25, 0.3) is 11.0 Å². The van der Waals surface area contributed by atoms with Crippen molar-refractivity contribution in [2.24, 2.45) is 5.92 Å². The topological polar surface area (TPSA) is 98.6 Å². The molecule has 9 nitrogen and oxygen atoms in total. The highest BCUT2D eigenvalue weighted by molar-refractivity contribution is 6.01. The zero-order valence-corrected chi connectivity index (χ0v) is 22.1. The van der Waals surface area contributed by atoms with Crippen LogP contribution in [0, 0.1) is 5.92 Å². The second kappa shape index (κ2) is 12.2. The second-order valence-corrected chi connectivity index (χ2v) is 9.35. The molecule has 0 saturated heterocycles. The van der Waals surface area contributed by atoms with Gasteiger partial charge in [-0.1, -0.05) is 49.4 Å². The van der Waals surface area contributed by atoms with Gasteiger partial charge in [-0.15, -0.1) is 5.10 Å². The van der Waals surface area contributed by atoms with Crippen molar-refractivity contribution in [2.75, 3.05) is 25.7 Å². The fourth-order valence-electron chi connectivity index (χ4n) is 4.25. The summed E-state index contributed by atoms with van der Waals surface area (Å²) in [7, 11) is 3.13. The van der Waals surface area contributed by atoms with Crippen molar-refractivity contribution in [3.63, 3.8) is 0 Å². The Labute approximate surface area is 222 Å². The molecule has 0 fully saturated rings. The minimum atomic E-state index is -0.966. The standard InChI is InChI=1S/C29H33N5O4/c1-20(2)15-16-30-29(36)28(21-9-7-11-23(17-21)37-3)34(22-10-8-12-24(18-22)38-4)27(35)19-33-26-14-6-5-13-25(26)31-32-33/h5-14,17-18,20,28H,15-16,19H2,1-4H3,(H,30,36). The molecule has 38 heavy (non-hydrogen) atoms. The third-order valence-electron chi connectivity index (χ3n) is 6.24. The molecule has 9 heteroatoms. The largest absolute Gasteiger partial charge is 0.497 e. The molecule has 3 aromatic carbocycles. The van der Waals surface area contributed by atoms with Crippen LogP contribution in [0.5, 0.6) is 11.5 Å². The average molecular weight is 516 g/mol. The molecule has 4 aromatic rings. The number of rotatable bonds is 11. The summed E-state index contributed by atoms with van der Waals surface area (Å²) in [4.78, 5) is 29.4. The first kappa shape index (κ1) is 26.7. The second-order valence-electron chi connectivity index (χ2n) is 9.35. The third-order valence-corrected chi connectivity index (χ3v) is 6.24. The first-order valence-electron chi connectivity index (χ1n) is 12.6. The Morgan fingerprint density at radius 2 is 1.66 bits per heavy atom. The number of para-hydroxylation sites is 1. The smallest absolute Gasteiger partial charge is 0.249 e. The van der Waals surface area contributed by atoms with Gasteiger partial charge in [0.05, 0.1) is 19.7 Å². The summed E-state index contributed by atoms with van der Waals surface area (Å²) >= 11 is 0. The van der Waals surface area contributed by atoms with Gasteiger partial charge >= 0.3 is 0 Å².